The van der Waals surface area contributed by atoms with Crippen LogP contribution in [0.1, 0.15) is 0 Å². The van der Waals surface area contributed by atoms with E-state index in [-0.39, 0.29) is 6.71 Å². The quantitative estimate of drug-likeness (QED) is 0.167. The zero-order chi connectivity index (χ0) is 37.9. The molecule has 0 bridgehead atoms. The van der Waals surface area contributed by atoms with Gasteiger partial charge in [0, 0.05) is 55.7 Å². The maximum Gasteiger partial charge on any atom is 0.252 e. The van der Waals surface area contributed by atoms with Crippen LogP contribution >= 0.6 is 0 Å². The molecule has 2 aliphatic heterocycles. The average Bonchev–Trinajstić information content (AvgIpc) is 3.81. The highest BCUT2D eigenvalue weighted by atomic mass is 15.2. The van der Waals surface area contributed by atoms with Crippen LogP contribution in [0.3, 0.4) is 0 Å². The second-order valence-electron chi connectivity index (χ2n) is 15.7. The molecule has 0 saturated heterocycles. The lowest BCUT2D eigenvalue weighted by Crippen LogP contribution is -2.61. The first-order valence-electron chi connectivity index (χ1n) is 20.1. The first kappa shape index (κ1) is 31.6. The van der Waals surface area contributed by atoms with Crippen LogP contribution < -0.4 is 26.2 Å². The molecule has 0 aliphatic carbocycles. The molecule has 0 spiro atoms. The van der Waals surface area contributed by atoms with Gasteiger partial charge in [0.15, 0.2) is 0 Å². The third-order valence-corrected chi connectivity index (χ3v) is 12.7. The van der Waals surface area contributed by atoms with E-state index >= 15 is 0 Å². The first-order valence-corrected chi connectivity index (χ1v) is 20.1. The lowest BCUT2D eigenvalue weighted by molar-refractivity contribution is 1.25. The molecule has 268 valence electrons. The minimum Gasteiger partial charge on any atom is -0.311 e. The van der Waals surface area contributed by atoms with E-state index in [1.807, 2.05) is 0 Å². The number of fused-ring (bicyclic) bond motifs is 10. The number of para-hydroxylation sites is 5. The Morgan fingerprint density at radius 3 is 1.41 bits per heavy atom. The standard InChI is InChI=1S/C54H34BN3/c1-3-14-39(15-4-1)56-49-23-12-9-20-45(49)55-46-34-37(30-31-50(46)57(40-16-5-2-6-17-40)52-25-13-24-51(56)53(52)55)35-26-28-36(29-27-35)38-32-43-41-18-7-10-21-47(41)58-48-22-11-8-19-42(48)44(33-38)54(43)58/h1-34H. The summed E-state index contributed by atoms with van der Waals surface area (Å²) in [5, 5.41) is 5.20. The topological polar surface area (TPSA) is 10.9 Å². The van der Waals surface area contributed by atoms with Crippen LogP contribution in [-0.4, -0.2) is 11.1 Å². The van der Waals surface area contributed by atoms with Crippen molar-refractivity contribution >= 4 is 95.3 Å². The van der Waals surface area contributed by atoms with Crippen molar-refractivity contribution in [2.75, 3.05) is 9.80 Å². The molecule has 9 aromatic carbocycles. The van der Waals surface area contributed by atoms with Crippen LogP contribution in [0.5, 0.6) is 0 Å². The van der Waals surface area contributed by atoms with Crippen molar-refractivity contribution in [3.05, 3.63) is 206 Å². The Bertz CT molecular complexity index is 3310. The van der Waals surface area contributed by atoms with Gasteiger partial charge in [0.25, 0.3) is 6.71 Å². The number of aromatic nitrogens is 1. The summed E-state index contributed by atoms with van der Waals surface area (Å²) < 4.78 is 2.45. The molecule has 0 atom stereocenters. The van der Waals surface area contributed by atoms with Crippen molar-refractivity contribution in [2.45, 2.75) is 0 Å². The molecule has 0 fully saturated rings. The third kappa shape index (κ3) is 4.34. The zero-order valence-electron chi connectivity index (χ0n) is 31.5. The van der Waals surface area contributed by atoms with E-state index in [2.05, 4.69) is 220 Å². The number of anilines is 6. The number of hydrogen-bond acceptors (Lipinski definition) is 2. The lowest BCUT2D eigenvalue weighted by atomic mass is 9.33. The van der Waals surface area contributed by atoms with Gasteiger partial charge in [0.05, 0.1) is 16.6 Å². The minimum atomic E-state index is 0.0705. The lowest BCUT2D eigenvalue weighted by Gasteiger charge is -2.44. The van der Waals surface area contributed by atoms with E-state index in [1.54, 1.807) is 0 Å². The highest BCUT2D eigenvalue weighted by Crippen LogP contribution is 2.45. The van der Waals surface area contributed by atoms with Gasteiger partial charge in [-0.2, -0.15) is 0 Å². The number of hydrogen-bond donors (Lipinski definition) is 0. The Morgan fingerprint density at radius 2 is 0.793 bits per heavy atom. The Labute approximate surface area is 336 Å². The van der Waals surface area contributed by atoms with Crippen LogP contribution in [0.15, 0.2) is 206 Å². The molecule has 3 nitrogen and oxygen atoms in total. The molecule has 0 saturated carbocycles. The Balaban J connectivity index is 0.973. The summed E-state index contributed by atoms with van der Waals surface area (Å²) in [6.45, 7) is 0.0705. The van der Waals surface area contributed by atoms with Gasteiger partial charge in [-0.05, 0) is 111 Å². The van der Waals surface area contributed by atoms with Crippen molar-refractivity contribution in [1.82, 2.24) is 4.40 Å². The van der Waals surface area contributed by atoms with Gasteiger partial charge in [-0.25, -0.2) is 0 Å². The molecule has 13 rings (SSSR count). The fourth-order valence-corrected chi connectivity index (χ4v) is 10.3. The highest BCUT2D eigenvalue weighted by molar-refractivity contribution is 7.00. The van der Waals surface area contributed by atoms with Crippen molar-refractivity contribution < 1.29 is 0 Å². The summed E-state index contributed by atoms with van der Waals surface area (Å²) in [7, 11) is 0. The summed E-state index contributed by atoms with van der Waals surface area (Å²) in [6, 6.07) is 76.2. The second kappa shape index (κ2) is 12.0. The SMILES string of the molecule is c1ccc(N2c3ccccc3B3c4cc(-c5ccc(-c6cc7c8ccccc8n8c9ccccc9c(c6)c78)cc5)ccc4N(c4ccccc4)c4cccc2c43)cc1. The van der Waals surface area contributed by atoms with Crippen LogP contribution in [0.25, 0.3) is 60.3 Å². The fraction of sp³-hybridized carbons (Fsp3) is 0. The molecule has 11 aromatic rings. The molecule has 0 amide bonds. The van der Waals surface area contributed by atoms with E-state index in [9.17, 15) is 0 Å². The average molecular weight is 736 g/mol. The Morgan fingerprint density at radius 1 is 0.310 bits per heavy atom. The smallest absolute Gasteiger partial charge is 0.252 e. The summed E-state index contributed by atoms with van der Waals surface area (Å²) >= 11 is 0. The van der Waals surface area contributed by atoms with Crippen LogP contribution in [0.2, 0.25) is 0 Å². The number of rotatable bonds is 4. The van der Waals surface area contributed by atoms with Gasteiger partial charge >= 0.3 is 0 Å². The fourth-order valence-electron chi connectivity index (χ4n) is 10.3. The molecule has 0 unspecified atom stereocenters. The molecule has 58 heavy (non-hydrogen) atoms. The van der Waals surface area contributed by atoms with E-state index in [1.165, 1.54) is 99.5 Å². The first-order chi connectivity index (χ1) is 28.8. The van der Waals surface area contributed by atoms with E-state index in [0.29, 0.717) is 0 Å². The van der Waals surface area contributed by atoms with Crippen molar-refractivity contribution in [1.29, 1.82) is 0 Å². The maximum absolute atomic E-state index is 2.46. The molecule has 2 aliphatic rings. The van der Waals surface area contributed by atoms with Gasteiger partial charge in [0.2, 0.25) is 0 Å². The predicted molar refractivity (Wildman–Crippen MR) is 246 cm³/mol. The van der Waals surface area contributed by atoms with E-state index < -0.39 is 0 Å². The van der Waals surface area contributed by atoms with Crippen LogP contribution in [0, 0.1) is 0 Å². The number of benzene rings is 9. The van der Waals surface area contributed by atoms with Crippen molar-refractivity contribution in [2.24, 2.45) is 0 Å². The monoisotopic (exact) mass is 735 g/mol. The summed E-state index contributed by atoms with van der Waals surface area (Å²) in [4.78, 5) is 4.91. The van der Waals surface area contributed by atoms with E-state index in [0.717, 1.165) is 11.4 Å². The molecule has 4 heterocycles. The highest BCUT2D eigenvalue weighted by Gasteiger charge is 2.43. The molecule has 2 aromatic heterocycles. The van der Waals surface area contributed by atoms with Gasteiger partial charge in [-0.3, -0.25) is 0 Å². The summed E-state index contributed by atoms with van der Waals surface area (Å²) in [6.07, 6.45) is 0. The normalized spacial score (nSPS) is 13.1. The Hall–Kier alpha value is -7.56. The van der Waals surface area contributed by atoms with Crippen LogP contribution in [-0.2, 0) is 0 Å². The van der Waals surface area contributed by atoms with Gasteiger partial charge < -0.3 is 14.2 Å². The molecule has 4 heteroatoms. The van der Waals surface area contributed by atoms with E-state index in [4.69, 9.17) is 0 Å². The Kier molecular flexibility index (Phi) is 6.53. The molecular weight excluding hydrogens is 701 g/mol. The number of nitrogens with zero attached hydrogens (tertiary/aromatic N) is 3. The summed E-state index contributed by atoms with van der Waals surface area (Å²) in [5.41, 5.74) is 19.9. The van der Waals surface area contributed by atoms with Gasteiger partial charge in [-0.15, -0.1) is 0 Å². The van der Waals surface area contributed by atoms with Crippen LogP contribution in [0.4, 0.5) is 34.1 Å². The van der Waals surface area contributed by atoms with Gasteiger partial charge in [-0.1, -0.05) is 133 Å². The van der Waals surface area contributed by atoms with Crippen molar-refractivity contribution in [3.8, 4) is 22.3 Å². The zero-order valence-corrected chi connectivity index (χ0v) is 31.5. The molecule has 0 N–H and O–H groups in total. The predicted octanol–water partition coefficient (Wildman–Crippen LogP) is 12.3. The van der Waals surface area contributed by atoms with Gasteiger partial charge in [0.1, 0.15) is 0 Å². The maximum atomic E-state index is 2.46. The largest absolute Gasteiger partial charge is 0.311 e. The molecular formula is C54H34BN3. The summed E-state index contributed by atoms with van der Waals surface area (Å²) in [5.74, 6) is 0. The second-order valence-corrected chi connectivity index (χ2v) is 15.7. The molecule has 0 radical (unpaired) electrons. The van der Waals surface area contributed by atoms with Crippen molar-refractivity contribution in [3.63, 3.8) is 0 Å². The third-order valence-electron chi connectivity index (χ3n) is 12.7. The minimum absolute atomic E-state index is 0.0705.